The van der Waals surface area contributed by atoms with E-state index in [4.69, 9.17) is 10.3 Å². The van der Waals surface area contributed by atoms with E-state index >= 15 is 0 Å². The molecule has 6 nitrogen and oxygen atoms in total. The van der Waals surface area contributed by atoms with E-state index in [1.54, 1.807) is 6.33 Å². The Labute approximate surface area is 98.8 Å². The highest BCUT2D eigenvalue weighted by Gasteiger charge is 2.25. The molecule has 0 atom stereocenters. The molecule has 1 fully saturated rings. The van der Waals surface area contributed by atoms with Gasteiger partial charge in [-0.1, -0.05) is 11.6 Å². The number of imidazole rings is 1. The largest absolute Gasteiger partial charge is 0.335 e. The van der Waals surface area contributed by atoms with Crippen molar-refractivity contribution in [1.82, 2.24) is 19.7 Å². The second-order valence-corrected chi connectivity index (χ2v) is 4.37. The minimum atomic E-state index is 0.485. The minimum absolute atomic E-state index is 0.485. The number of nitrogens with zero attached hydrogens (tertiary/aromatic N) is 4. The van der Waals surface area contributed by atoms with Crippen molar-refractivity contribution in [1.29, 1.82) is 0 Å². The van der Waals surface area contributed by atoms with Crippen molar-refractivity contribution in [3.05, 3.63) is 18.3 Å². The molecule has 2 N–H and O–H groups in total. The first-order valence-corrected chi connectivity index (χ1v) is 5.92. The Morgan fingerprint density at radius 2 is 2.35 bits per heavy atom. The standard InChI is InChI=1S/C11H15N5O/c12-4-5-16-6-9(13-7-16)11-14-10(15-17-11)8-2-1-3-8/h6-8H,1-5,12H2. The summed E-state index contributed by atoms with van der Waals surface area (Å²) in [6.45, 7) is 1.34. The molecule has 90 valence electrons. The maximum Gasteiger partial charge on any atom is 0.278 e. The molecule has 0 spiro atoms. The molecule has 1 aliphatic carbocycles. The van der Waals surface area contributed by atoms with Crippen LogP contribution in [0, 0.1) is 0 Å². The lowest BCUT2D eigenvalue weighted by Crippen LogP contribution is -2.10. The van der Waals surface area contributed by atoms with E-state index in [-0.39, 0.29) is 0 Å². The fourth-order valence-corrected chi connectivity index (χ4v) is 1.91. The van der Waals surface area contributed by atoms with Gasteiger partial charge in [-0.25, -0.2) is 4.98 Å². The van der Waals surface area contributed by atoms with Crippen LogP contribution in [0.1, 0.15) is 31.0 Å². The van der Waals surface area contributed by atoms with Crippen LogP contribution in [0.5, 0.6) is 0 Å². The Hall–Kier alpha value is -1.69. The van der Waals surface area contributed by atoms with Crippen LogP contribution in [0.15, 0.2) is 17.0 Å². The first kappa shape index (κ1) is 10.5. The lowest BCUT2D eigenvalue weighted by Gasteiger charge is -2.20. The first-order valence-electron chi connectivity index (χ1n) is 5.92. The lowest BCUT2D eigenvalue weighted by molar-refractivity contribution is 0.366. The van der Waals surface area contributed by atoms with E-state index < -0.39 is 0 Å². The van der Waals surface area contributed by atoms with Gasteiger partial charge in [-0.2, -0.15) is 4.98 Å². The van der Waals surface area contributed by atoms with E-state index in [2.05, 4.69) is 15.1 Å². The summed E-state index contributed by atoms with van der Waals surface area (Å²) in [5.74, 6) is 1.81. The van der Waals surface area contributed by atoms with Crippen LogP contribution in [0.25, 0.3) is 11.6 Å². The predicted molar refractivity (Wildman–Crippen MR) is 61.2 cm³/mol. The normalized spacial score (nSPS) is 16.1. The van der Waals surface area contributed by atoms with Crippen LogP contribution < -0.4 is 5.73 Å². The van der Waals surface area contributed by atoms with Gasteiger partial charge < -0.3 is 14.8 Å². The third-order valence-electron chi connectivity index (χ3n) is 3.15. The zero-order valence-electron chi connectivity index (χ0n) is 9.54. The fourth-order valence-electron chi connectivity index (χ4n) is 1.91. The van der Waals surface area contributed by atoms with Gasteiger partial charge >= 0.3 is 0 Å². The van der Waals surface area contributed by atoms with Gasteiger partial charge in [0.25, 0.3) is 5.89 Å². The maximum absolute atomic E-state index is 5.48. The molecule has 0 amide bonds. The van der Waals surface area contributed by atoms with Crippen molar-refractivity contribution in [2.75, 3.05) is 6.54 Å². The van der Waals surface area contributed by atoms with Gasteiger partial charge in [-0.3, -0.25) is 0 Å². The first-order chi connectivity index (χ1) is 8.36. The van der Waals surface area contributed by atoms with Gasteiger partial charge in [-0.05, 0) is 12.8 Å². The average Bonchev–Trinajstić information content (AvgIpc) is 2.84. The molecule has 1 saturated carbocycles. The van der Waals surface area contributed by atoms with Crippen molar-refractivity contribution in [3.63, 3.8) is 0 Å². The molecule has 0 radical (unpaired) electrons. The van der Waals surface area contributed by atoms with Gasteiger partial charge in [0.1, 0.15) is 5.69 Å². The quantitative estimate of drug-likeness (QED) is 0.856. The summed E-state index contributed by atoms with van der Waals surface area (Å²) in [6, 6.07) is 0. The zero-order valence-corrected chi connectivity index (χ0v) is 9.54. The van der Waals surface area contributed by atoms with Gasteiger partial charge in [0.05, 0.1) is 6.33 Å². The lowest BCUT2D eigenvalue weighted by atomic mass is 9.85. The highest BCUT2D eigenvalue weighted by Crippen LogP contribution is 2.35. The predicted octanol–water partition coefficient (Wildman–Crippen LogP) is 1.16. The van der Waals surface area contributed by atoms with Crippen LogP contribution in [-0.2, 0) is 6.54 Å². The molecule has 0 bridgehead atoms. The molecule has 2 aromatic heterocycles. The molecule has 0 unspecified atom stereocenters. The molecule has 1 aliphatic rings. The molecular weight excluding hydrogens is 218 g/mol. The minimum Gasteiger partial charge on any atom is -0.335 e. The molecule has 3 rings (SSSR count). The van der Waals surface area contributed by atoms with Crippen LogP contribution in [0.4, 0.5) is 0 Å². The van der Waals surface area contributed by atoms with Crippen LogP contribution >= 0.6 is 0 Å². The third-order valence-corrected chi connectivity index (χ3v) is 3.15. The highest BCUT2D eigenvalue weighted by atomic mass is 16.5. The van der Waals surface area contributed by atoms with Crippen LogP contribution in [0.3, 0.4) is 0 Å². The molecule has 2 heterocycles. The van der Waals surface area contributed by atoms with Gasteiger partial charge in [-0.15, -0.1) is 0 Å². The zero-order chi connectivity index (χ0) is 11.7. The van der Waals surface area contributed by atoms with E-state index in [0.717, 1.165) is 18.1 Å². The average molecular weight is 233 g/mol. The summed E-state index contributed by atoms with van der Waals surface area (Å²) in [7, 11) is 0. The second kappa shape index (κ2) is 4.29. The number of nitrogens with two attached hydrogens (primary N) is 1. The van der Waals surface area contributed by atoms with Crippen molar-refractivity contribution in [3.8, 4) is 11.6 Å². The Bertz CT molecular complexity index is 499. The summed E-state index contributed by atoms with van der Waals surface area (Å²) < 4.78 is 7.15. The Kier molecular flexibility index (Phi) is 2.64. The molecule has 6 heteroatoms. The summed E-state index contributed by atoms with van der Waals surface area (Å²) in [5.41, 5.74) is 6.20. The maximum atomic E-state index is 5.48. The Balaban J connectivity index is 1.79. The number of aromatic nitrogens is 4. The van der Waals surface area contributed by atoms with E-state index in [1.807, 2.05) is 10.8 Å². The van der Waals surface area contributed by atoms with E-state index in [0.29, 0.717) is 18.4 Å². The second-order valence-electron chi connectivity index (χ2n) is 4.37. The number of rotatable bonds is 4. The molecule has 2 aromatic rings. The number of hydrogen-bond acceptors (Lipinski definition) is 5. The van der Waals surface area contributed by atoms with Gasteiger partial charge in [0.15, 0.2) is 5.82 Å². The molecule has 0 saturated heterocycles. The molecule has 0 aliphatic heterocycles. The third kappa shape index (κ3) is 1.95. The smallest absolute Gasteiger partial charge is 0.278 e. The van der Waals surface area contributed by atoms with Crippen LogP contribution in [-0.4, -0.2) is 26.2 Å². The van der Waals surface area contributed by atoms with Crippen molar-refractivity contribution >= 4 is 0 Å². The van der Waals surface area contributed by atoms with E-state index in [9.17, 15) is 0 Å². The SMILES string of the molecule is NCCn1cnc(-c2nc(C3CCC3)no2)c1. The van der Waals surface area contributed by atoms with Gasteiger partial charge in [0, 0.05) is 25.2 Å². The van der Waals surface area contributed by atoms with Gasteiger partial charge in [0.2, 0.25) is 0 Å². The van der Waals surface area contributed by atoms with E-state index in [1.165, 1.54) is 19.3 Å². The van der Waals surface area contributed by atoms with Crippen molar-refractivity contribution in [2.45, 2.75) is 31.7 Å². The molecular formula is C11H15N5O. The summed E-state index contributed by atoms with van der Waals surface area (Å²) in [4.78, 5) is 8.62. The summed E-state index contributed by atoms with van der Waals surface area (Å²) in [6.07, 6.45) is 7.21. The fraction of sp³-hybridized carbons (Fsp3) is 0.545. The summed E-state index contributed by atoms with van der Waals surface area (Å²) in [5, 5.41) is 4.01. The monoisotopic (exact) mass is 233 g/mol. The van der Waals surface area contributed by atoms with Crippen molar-refractivity contribution < 1.29 is 4.52 Å². The molecule has 17 heavy (non-hydrogen) atoms. The summed E-state index contributed by atoms with van der Waals surface area (Å²) >= 11 is 0. The van der Waals surface area contributed by atoms with Crippen LogP contribution in [0.2, 0.25) is 0 Å². The highest BCUT2D eigenvalue weighted by molar-refractivity contribution is 5.44. The van der Waals surface area contributed by atoms with Crippen molar-refractivity contribution in [2.24, 2.45) is 5.73 Å². The Morgan fingerprint density at radius 1 is 1.47 bits per heavy atom. The number of hydrogen-bond donors (Lipinski definition) is 1. The topological polar surface area (TPSA) is 82.8 Å². The molecule has 0 aromatic carbocycles. The Morgan fingerprint density at radius 3 is 3.06 bits per heavy atom.